The molecule has 0 radical (unpaired) electrons. The fourth-order valence-corrected chi connectivity index (χ4v) is 4.13. The molecule has 158 valence electrons. The van der Waals surface area contributed by atoms with E-state index in [1.807, 2.05) is 53.4 Å². The lowest BCUT2D eigenvalue weighted by atomic mass is 9.84. The Bertz CT molecular complexity index is 841. The van der Waals surface area contributed by atoms with Crippen molar-refractivity contribution in [3.63, 3.8) is 0 Å². The zero-order valence-electron chi connectivity index (χ0n) is 17.4. The highest BCUT2D eigenvalue weighted by atomic mass is 16.6. The number of carbonyl (C=O) groups is 2. The van der Waals surface area contributed by atoms with Gasteiger partial charge >= 0.3 is 6.09 Å². The highest BCUT2D eigenvalue weighted by Crippen LogP contribution is 2.37. The van der Waals surface area contributed by atoms with Gasteiger partial charge in [-0.05, 0) is 36.3 Å². The Kier molecular flexibility index (Phi) is 6.36. The van der Waals surface area contributed by atoms with Crippen LogP contribution >= 0.6 is 0 Å². The summed E-state index contributed by atoms with van der Waals surface area (Å²) < 4.78 is 6.01. The third kappa shape index (κ3) is 5.21. The fraction of sp³-hybridized carbons (Fsp3) is 0.440. The van der Waals surface area contributed by atoms with E-state index in [4.69, 9.17) is 4.74 Å². The maximum atomic E-state index is 12.7. The maximum absolute atomic E-state index is 12.7. The van der Waals surface area contributed by atoms with E-state index in [-0.39, 0.29) is 12.0 Å². The lowest BCUT2D eigenvalue weighted by molar-refractivity contribution is -0.135. The third-order valence-corrected chi connectivity index (χ3v) is 6.21. The van der Waals surface area contributed by atoms with Gasteiger partial charge in [0.25, 0.3) is 0 Å². The van der Waals surface area contributed by atoms with E-state index in [0.29, 0.717) is 44.8 Å². The summed E-state index contributed by atoms with van der Waals surface area (Å²) in [4.78, 5) is 27.1. The lowest BCUT2D eigenvalue weighted by Crippen LogP contribution is -2.48. The Balaban J connectivity index is 1.37. The molecule has 1 heterocycles. The number of hydrogen-bond acceptors (Lipinski definition) is 3. The summed E-state index contributed by atoms with van der Waals surface area (Å²) in [7, 11) is 0. The minimum Gasteiger partial charge on any atom is -0.438 e. The summed E-state index contributed by atoms with van der Waals surface area (Å²) in [5.41, 5.74) is 1.51. The summed E-state index contributed by atoms with van der Waals surface area (Å²) >= 11 is 0. The Hall–Kier alpha value is -2.82. The van der Waals surface area contributed by atoms with Crippen LogP contribution in [0.1, 0.15) is 43.2 Å². The van der Waals surface area contributed by atoms with Gasteiger partial charge in [0.2, 0.25) is 5.91 Å². The van der Waals surface area contributed by atoms with Gasteiger partial charge < -0.3 is 15.0 Å². The molecule has 1 aliphatic heterocycles. The highest BCUT2D eigenvalue weighted by molar-refractivity contribution is 5.76. The maximum Gasteiger partial charge on any atom is 0.408 e. The number of likely N-dealkylation sites (tertiary alicyclic amines) is 1. The van der Waals surface area contributed by atoms with Crippen molar-refractivity contribution in [1.29, 1.82) is 0 Å². The molecule has 5 heteroatoms. The molecule has 2 fully saturated rings. The van der Waals surface area contributed by atoms with Gasteiger partial charge in [-0.3, -0.25) is 4.79 Å². The Labute approximate surface area is 178 Å². The molecule has 1 N–H and O–H groups in total. The van der Waals surface area contributed by atoms with Gasteiger partial charge in [0.1, 0.15) is 5.60 Å². The van der Waals surface area contributed by atoms with Gasteiger partial charge in [0, 0.05) is 38.9 Å². The molecule has 2 aliphatic rings. The number of ether oxygens (including phenoxy) is 1. The number of nitrogens with zero attached hydrogens (tertiary/aromatic N) is 1. The standard InChI is InChI=1S/C25H30N2O3/c28-23(14-13-20-7-3-1-4-8-20)27-17-15-25(16-18-27,22-9-5-2-6-10-22)30-24(29)26-19-21-11-12-21/h1-10,21H,11-19H2,(H,26,29). The van der Waals surface area contributed by atoms with E-state index in [0.717, 1.165) is 12.0 Å². The summed E-state index contributed by atoms with van der Waals surface area (Å²) in [5.74, 6) is 0.771. The first kappa shape index (κ1) is 20.5. The molecule has 0 aromatic heterocycles. The third-order valence-electron chi connectivity index (χ3n) is 6.21. The highest BCUT2D eigenvalue weighted by Gasteiger charge is 2.41. The number of benzene rings is 2. The van der Waals surface area contributed by atoms with Gasteiger partial charge in [-0.1, -0.05) is 60.7 Å². The molecule has 0 spiro atoms. The Morgan fingerprint density at radius 1 is 0.967 bits per heavy atom. The molecular weight excluding hydrogens is 376 g/mol. The smallest absolute Gasteiger partial charge is 0.408 e. The molecule has 30 heavy (non-hydrogen) atoms. The Morgan fingerprint density at radius 3 is 2.23 bits per heavy atom. The number of carbonyl (C=O) groups excluding carboxylic acids is 2. The van der Waals surface area contributed by atoms with Crippen LogP contribution in [-0.4, -0.2) is 36.5 Å². The number of hydrogen-bond donors (Lipinski definition) is 1. The largest absolute Gasteiger partial charge is 0.438 e. The zero-order valence-corrected chi connectivity index (χ0v) is 17.4. The van der Waals surface area contributed by atoms with Crippen LogP contribution in [0.2, 0.25) is 0 Å². The van der Waals surface area contributed by atoms with Gasteiger partial charge in [0.15, 0.2) is 0 Å². The van der Waals surface area contributed by atoms with Crippen LogP contribution in [0.4, 0.5) is 4.79 Å². The molecule has 5 nitrogen and oxygen atoms in total. The monoisotopic (exact) mass is 406 g/mol. The molecular formula is C25H30N2O3. The van der Waals surface area contributed by atoms with E-state index in [9.17, 15) is 9.59 Å². The van der Waals surface area contributed by atoms with E-state index in [1.54, 1.807) is 0 Å². The van der Waals surface area contributed by atoms with Crippen molar-refractivity contribution in [2.24, 2.45) is 5.92 Å². The SMILES string of the molecule is O=C(NCC1CC1)OC1(c2ccccc2)CCN(C(=O)CCc2ccccc2)CC1. The Morgan fingerprint density at radius 2 is 1.60 bits per heavy atom. The molecule has 2 aromatic rings. The molecule has 0 atom stereocenters. The normalized spacial score (nSPS) is 17.9. The van der Waals surface area contributed by atoms with Crippen molar-refractivity contribution in [3.8, 4) is 0 Å². The molecule has 2 amide bonds. The summed E-state index contributed by atoms with van der Waals surface area (Å²) in [6.45, 7) is 1.88. The summed E-state index contributed by atoms with van der Waals surface area (Å²) in [6, 6.07) is 20.0. The number of piperidine rings is 1. The van der Waals surface area contributed by atoms with E-state index in [1.165, 1.54) is 18.4 Å². The average Bonchev–Trinajstić information content (AvgIpc) is 3.62. The minimum absolute atomic E-state index is 0.165. The number of aryl methyl sites for hydroxylation is 1. The van der Waals surface area contributed by atoms with E-state index in [2.05, 4.69) is 17.4 Å². The second-order valence-electron chi connectivity index (χ2n) is 8.44. The first-order valence-electron chi connectivity index (χ1n) is 11.0. The molecule has 2 aromatic carbocycles. The number of rotatable bonds is 7. The van der Waals surface area contributed by atoms with Crippen LogP contribution in [0.15, 0.2) is 60.7 Å². The van der Waals surface area contributed by atoms with Gasteiger partial charge in [-0.2, -0.15) is 0 Å². The molecule has 0 unspecified atom stereocenters. The number of nitrogens with one attached hydrogen (secondary N) is 1. The van der Waals surface area contributed by atoms with Crippen molar-refractivity contribution in [2.75, 3.05) is 19.6 Å². The summed E-state index contributed by atoms with van der Waals surface area (Å²) in [5, 5.41) is 2.92. The predicted octanol–water partition coefficient (Wildman–Crippen LogP) is 4.27. The average molecular weight is 407 g/mol. The van der Waals surface area contributed by atoms with Gasteiger partial charge in [-0.15, -0.1) is 0 Å². The minimum atomic E-state index is -0.675. The van der Waals surface area contributed by atoms with Crippen LogP contribution < -0.4 is 5.32 Å². The van der Waals surface area contributed by atoms with Crippen molar-refractivity contribution in [3.05, 3.63) is 71.8 Å². The molecule has 1 saturated heterocycles. The van der Waals surface area contributed by atoms with Gasteiger partial charge in [0.05, 0.1) is 0 Å². The van der Waals surface area contributed by atoms with Crippen molar-refractivity contribution >= 4 is 12.0 Å². The van der Waals surface area contributed by atoms with Crippen LogP contribution in [0.5, 0.6) is 0 Å². The molecule has 4 rings (SSSR count). The van der Waals surface area contributed by atoms with Gasteiger partial charge in [-0.25, -0.2) is 4.79 Å². The van der Waals surface area contributed by atoms with Crippen LogP contribution in [0.25, 0.3) is 0 Å². The molecule has 1 aliphatic carbocycles. The van der Waals surface area contributed by atoms with Crippen LogP contribution in [-0.2, 0) is 21.6 Å². The summed E-state index contributed by atoms with van der Waals surface area (Å²) in [6.07, 6.45) is 4.50. The fourth-order valence-electron chi connectivity index (χ4n) is 4.13. The van der Waals surface area contributed by atoms with Crippen LogP contribution in [0, 0.1) is 5.92 Å². The first-order valence-corrected chi connectivity index (χ1v) is 11.0. The zero-order chi connectivity index (χ0) is 20.8. The molecule has 1 saturated carbocycles. The quantitative estimate of drug-likeness (QED) is 0.747. The second kappa shape index (κ2) is 9.33. The first-order chi connectivity index (χ1) is 14.6. The topological polar surface area (TPSA) is 58.6 Å². The van der Waals surface area contributed by atoms with E-state index < -0.39 is 5.60 Å². The van der Waals surface area contributed by atoms with E-state index >= 15 is 0 Å². The number of amides is 2. The van der Waals surface area contributed by atoms with Crippen molar-refractivity contribution in [2.45, 2.75) is 44.1 Å². The molecule has 0 bridgehead atoms. The predicted molar refractivity (Wildman–Crippen MR) is 116 cm³/mol. The number of alkyl carbamates (subject to hydrolysis) is 1. The van der Waals surface area contributed by atoms with Crippen molar-refractivity contribution in [1.82, 2.24) is 10.2 Å². The lowest BCUT2D eigenvalue weighted by Gasteiger charge is -2.41. The second-order valence-corrected chi connectivity index (χ2v) is 8.44. The van der Waals surface area contributed by atoms with Crippen molar-refractivity contribution < 1.29 is 14.3 Å². The van der Waals surface area contributed by atoms with Crippen LogP contribution in [0.3, 0.4) is 0 Å².